The van der Waals surface area contributed by atoms with Crippen LogP contribution in [0.25, 0.3) is 0 Å². The number of carbonyl (C=O) groups is 2. The lowest BCUT2D eigenvalue weighted by atomic mass is 10.1. The molecule has 25 heavy (non-hydrogen) atoms. The van der Waals surface area contributed by atoms with Gasteiger partial charge in [-0.15, -0.1) is 0 Å². The molecule has 0 saturated heterocycles. The molecule has 0 heterocycles. The summed E-state index contributed by atoms with van der Waals surface area (Å²) in [5.41, 5.74) is -1.01. The molecule has 0 saturated carbocycles. The van der Waals surface area contributed by atoms with Crippen LogP contribution in [0.3, 0.4) is 0 Å². The summed E-state index contributed by atoms with van der Waals surface area (Å²) in [6.45, 7) is 4.27. The van der Waals surface area contributed by atoms with Crippen molar-refractivity contribution >= 4 is 11.9 Å². The molecule has 1 unspecified atom stereocenters. The van der Waals surface area contributed by atoms with Gasteiger partial charge in [0.2, 0.25) is 0 Å². The second-order valence-corrected chi connectivity index (χ2v) is 5.71. The monoisotopic (exact) mass is 386 g/mol. The Labute approximate surface area is 136 Å². The molecule has 0 bridgehead atoms. The van der Waals surface area contributed by atoms with E-state index in [9.17, 15) is 44.7 Å². The molecule has 4 nitrogen and oxygen atoms in total. The van der Waals surface area contributed by atoms with Gasteiger partial charge >= 0.3 is 30.1 Å². The molecule has 0 aliphatic heterocycles. The van der Waals surface area contributed by atoms with E-state index < -0.39 is 48.3 Å². The highest BCUT2D eigenvalue weighted by Gasteiger charge is 2.66. The van der Waals surface area contributed by atoms with Crippen molar-refractivity contribution < 1.29 is 54.2 Å². The predicted molar refractivity (Wildman–Crippen MR) is 66.5 cm³/mol. The average molecular weight is 386 g/mol. The molecule has 12 heteroatoms. The minimum atomic E-state index is -5.95. The molecule has 0 fully saturated rings. The number of alkyl halides is 8. The van der Waals surface area contributed by atoms with Crippen molar-refractivity contribution in [3.05, 3.63) is 12.2 Å². The highest BCUT2D eigenvalue weighted by molar-refractivity contribution is 5.91. The van der Waals surface area contributed by atoms with E-state index in [-0.39, 0.29) is 12.2 Å². The number of hydrogen-bond donors (Lipinski definition) is 0. The molecule has 0 aromatic heterocycles. The van der Waals surface area contributed by atoms with Crippen LogP contribution < -0.4 is 0 Å². The third-order valence-electron chi connectivity index (χ3n) is 2.18. The van der Waals surface area contributed by atoms with E-state index in [0.29, 0.717) is 0 Å². The van der Waals surface area contributed by atoms with Gasteiger partial charge in [0.25, 0.3) is 0 Å². The van der Waals surface area contributed by atoms with Crippen LogP contribution in [0.2, 0.25) is 0 Å². The number of ether oxygens (including phenoxy) is 2. The van der Waals surface area contributed by atoms with Gasteiger partial charge in [0, 0.05) is 12.2 Å². The van der Waals surface area contributed by atoms with Crippen LogP contribution in [-0.2, 0) is 19.1 Å². The second-order valence-electron chi connectivity index (χ2n) is 5.71. The van der Waals surface area contributed by atoms with E-state index in [0.717, 1.165) is 0 Å². The van der Waals surface area contributed by atoms with Crippen molar-refractivity contribution in [2.75, 3.05) is 0 Å². The van der Waals surface area contributed by atoms with Crippen molar-refractivity contribution in [1.82, 2.24) is 0 Å². The largest absolute Gasteiger partial charge is 0.469 e. The van der Waals surface area contributed by atoms with Crippen molar-refractivity contribution in [3.63, 3.8) is 0 Å². The molecule has 0 aliphatic carbocycles. The summed E-state index contributed by atoms with van der Waals surface area (Å²) in [6.07, 6.45) is -18.3. The topological polar surface area (TPSA) is 52.6 Å². The van der Waals surface area contributed by atoms with Crippen molar-refractivity contribution in [1.29, 1.82) is 0 Å². The molecule has 1 atom stereocenters. The normalized spacial score (nSPS) is 15.2. The van der Waals surface area contributed by atoms with Crippen LogP contribution in [0, 0.1) is 0 Å². The van der Waals surface area contributed by atoms with Crippen LogP contribution in [0.1, 0.15) is 27.2 Å². The van der Waals surface area contributed by atoms with Gasteiger partial charge in [0.15, 0.2) is 6.17 Å². The molecule has 0 rings (SSSR count). The SMILES string of the molecule is CC(C)(C)OC(=O)/C=C/C(=O)OC(F)(F)C(F)(F)C(F)CC(F)(F)F. The van der Waals surface area contributed by atoms with Gasteiger partial charge in [0.1, 0.15) is 5.60 Å². The molecule has 0 aromatic rings. The first kappa shape index (κ1) is 23.1. The molecule has 0 aromatic carbocycles. The zero-order valence-electron chi connectivity index (χ0n) is 13.1. The lowest BCUT2D eigenvalue weighted by Gasteiger charge is -2.28. The van der Waals surface area contributed by atoms with Crippen LogP contribution in [0.5, 0.6) is 0 Å². The van der Waals surface area contributed by atoms with Gasteiger partial charge in [0.05, 0.1) is 6.42 Å². The van der Waals surface area contributed by atoms with E-state index in [1.165, 1.54) is 20.8 Å². The van der Waals surface area contributed by atoms with Crippen molar-refractivity contribution in [2.45, 2.75) is 57.2 Å². The van der Waals surface area contributed by atoms with Crippen molar-refractivity contribution in [2.24, 2.45) is 0 Å². The fraction of sp³-hybridized carbons (Fsp3) is 0.692. The molecular formula is C13H14F8O4. The molecule has 0 N–H and O–H groups in total. The van der Waals surface area contributed by atoms with Gasteiger partial charge in [-0.2, -0.15) is 30.7 Å². The first-order chi connectivity index (χ1) is 10.9. The zero-order valence-corrected chi connectivity index (χ0v) is 13.1. The van der Waals surface area contributed by atoms with E-state index in [2.05, 4.69) is 9.47 Å². The fourth-order valence-electron chi connectivity index (χ4n) is 1.21. The zero-order chi connectivity index (χ0) is 20.3. The Morgan fingerprint density at radius 3 is 1.64 bits per heavy atom. The van der Waals surface area contributed by atoms with E-state index in [1.807, 2.05) is 0 Å². The number of halogens is 8. The summed E-state index contributed by atoms with van der Waals surface area (Å²) in [6, 6.07) is 0. The summed E-state index contributed by atoms with van der Waals surface area (Å²) in [5, 5.41) is 0. The van der Waals surface area contributed by atoms with E-state index in [4.69, 9.17) is 0 Å². The van der Waals surface area contributed by atoms with E-state index >= 15 is 0 Å². The van der Waals surface area contributed by atoms with Gasteiger partial charge in [-0.1, -0.05) is 0 Å². The van der Waals surface area contributed by atoms with E-state index in [1.54, 1.807) is 0 Å². The third kappa shape index (κ3) is 8.16. The summed E-state index contributed by atoms with van der Waals surface area (Å²) in [7, 11) is 0. The van der Waals surface area contributed by atoms with Gasteiger partial charge in [-0.05, 0) is 20.8 Å². The number of rotatable bonds is 6. The minimum Gasteiger partial charge on any atom is -0.457 e. The maximum Gasteiger partial charge on any atom is 0.469 e. The lowest BCUT2D eigenvalue weighted by Crippen LogP contribution is -2.51. The van der Waals surface area contributed by atoms with Crippen LogP contribution in [-0.4, -0.2) is 41.9 Å². The van der Waals surface area contributed by atoms with Crippen LogP contribution in [0.4, 0.5) is 35.1 Å². The Bertz CT molecular complexity index is 519. The Balaban J connectivity index is 4.99. The van der Waals surface area contributed by atoms with Gasteiger partial charge in [-0.3, -0.25) is 0 Å². The summed E-state index contributed by atoms with van der Waals surface area (Å²) >= 11 is 0. The molecule has 0 amide bonds. The summed E-state index contributed by atoms with van der Waals surface area (Å²) < 4.78 is 108. The number of esters is 2. The third-order valence-corrected chi connectivity index (χ3v) is 2.18. The maximum absolute atomic E-state index is 13.1. The predicted octanol–water partition coefficient (Wildman–Crippen LogP) is 3.95. The number of hydrogen-bond acceptors (Lipinski definition) is 4. The molecule has 0 aliphatic rings. The highest BCUT2D eigenvalue weighted by Crippen LogP contribution is 2.43. The lowest BCUT2D eigenvalue weighted by molar-refractivity contribution is -0.349. The van der Waals surface area contributed by atoms with Gasteiger partial charge in [-0.25, -0.2) is 14.0 Å². The Kier molecular flexibility index (Phi) is 6.99. The van der Waals surface area contributed by atoms with Gasteiger partial charge < -0.3 is 9.47 Å². The first-order valence-corrected chi connectivity index (χ1v) is 6.48. The first-order valence-electron chi connectivity index (χ1n) is 6.48. The van der Waals surface area contributed by atoms with Crippen LogP contribution in [0.15, 0.2) is 12.2 Å². The van der Waals surface area contributed by atoms with Crippen LogP contribution >= 0.6 is 0 Å². The Morgan fingerprint density at radius 2 is 1.28 bits per heavy atom. The standard InChI is InChI=1S/C13H14F8O4/c1-10(2,3)24-8(22)4-5-9(23)25-13(20,21)12(18,19)7(14)6-11(15,16)17/h4-5,7H,6H2,1-3H3/b5-4+. The fourth-order valence-corrected chi connectivity index (χ4v) is 1.21. The highest BCUT2D eigenvalue weighted by atomic mass is 19.4. The second kappa shape index (κ2) is 7.56. The van der Waals surface area contributed by atoms with Crippen molar-refractivity contribution in [3.8, 4) is 0 Å². The maximum atomic E-state index is 13.1. The molecule has 0 spiro atoms. The Morgan fingerprint density at radius 1 is 0.880 bits per heavy atom. The summed E-state index contributed by atoms with van der Waals surface area (Å²) in [5.74, 6) is -9.37. The summed E-state index contributed by atoms with van der Waals surface area (Å²) in [4.78, 5) is 22.2. The quantitative estimate of drug-likeness (QED) is 0.394. The Hall–Kier alpha value is -1.88. The number of carbonyl (C=O) groups excluding carboxylic acids is 2. The molecule has 0 radical (unpaired) electrons. The minimum absolute atomic E-state index is 0.0188. The smallest absolute Gasteiger partial charge is 0.457 e. The average Bonchev–Trinajstić information content (AvgIpc) is 2.31. The molecule has 146 valence electrons. The molecular weight excluding hydrogens is 372 g/mol.